The summed E-state index contributed by atoms with van der Waals surface area (Å²) in [5, 5.41) is 5.78. The van der Waals surface area contributed by atoms with Gasteiger partial charge >= 0.3 is 0 Å². The molecule has 0 unspecified atom stereocenters. The number of halogens is 2. The highest BCUT2D eigenvalue weighted by Crippen LogP contribution is 2.32. The largest absolute Gasteiger partial charge is 0.493 e. The van der Waals surface area contributed by atoms with Crippen LogP contribution in [0.25, 0.3) is 5.69 Å². The molecule has 0 spiro atoms. The molecule has 0 aliphatic rings. The van der Waals surface area contributed by atoms with Crippen LogP contribution >= 0.6 is 11.6 Å². The van der Waals surface area contributed by atoms with Crippen LogP contribution in [0.4, 0.5) is 10.1 Å². The van der Waals surface area contributed by atoms with E-state index < -0.39 is 11.2 Å². The molecule has 1 amide bonds. The fourth-order valence-corrected chi connectivity index (χ4v) is 4.64. The molecule has 210 valence electrons. The number of aromatic nitrogens is 2. The Morgan fingerprint density at radius 3 is 2.49 bits per heavy atom. The fraction of sp³-hybridized carbons (Fsp3) is 0.414. The number of nitrogens with one attached hydrogen (secondary N) is 2. The molecule has 0 saturated heterocycles. The summed E-state index contributed by atoms with van der Waals surface area (Å²) in [6.45, 7) is 6.41. The lowest BCUT2D eigenvalue weighted by molar-refractivity contribution is -0.118. The third-order valence-electron chi connectivity index (χ3n) is 6.55. The summed E-state index contributed by atoms with van der Waals surface area (Å²) in [5.74, 6) is -1.08. The van der Waals surface area contributed by atoms with Crippen LogP contribution in [0.15, 0.2) is 47.3 Å². The number of carbonyl (C=O) groups excluding carboxylic acids is 2. The van der Waals surface area contributed by atoms with Crippen molar-refractivity contribution in [1.82, 2.24) is 14.7 Å². The lowest BCUT2D eigenvalue weighted by atomic mass is 9.82. The van der Waals surface area contributed by atoms with E-state index in [1.165, 1.54) is 10.7 Å². The number of amides is 1. The van der Waals surface area contributed by atoms with E-state index in [-0.39, 0.29) is 58.7 Å². The van der Waals surface area contributed by atoms with Gasteiger partial charge in [0.05, 0.1) is 28.6 Å². The molecule has 2 N–H and O–H groups in total. The predicted octanol–water partition coefficient (Wildman–Crippen LogP) is 5.15. The minimum absolute atomic E-state index is 0.0912. The number of ether oxygens (including phenoxy) is 1. The first-order valence-electron chi connectivity index (χ1n) is 12.9. The third kappa shape index (κ3) is 7.36. The number of benzene rings is 2. The van der Waals surface area contributed by atoms with Gasteiger partial charge in [-0.05, 0) is 44.0 Å². The van der Waals surface area contributed by atoms with Gasteiger partial charge in [0.25, 0.3) is 5.56 Å². The number of nitrogens with zero attached hydrogens (tertiary/aromatic N) is 2. The number of carbonyl (C=O) groups is 2. The molecule has 0 atom stereocenters. The van der Waals surface area contributed by atoms with Crippen LogP contribution in [0.2, 0.25) is 5.02 Å². The van der Waals surface area contributed by atoms with Crippen molar-refractivity contribution in [3.63, 3.8) is 0 Å². The Balaban J connectivity index is 1.75. The zero-order valence-corrected chi connectivity index (χ0v) is 23.8. The third-order valence-corrected chi connectivity index (χ3v) is 6.84. The predicted molar refractivity (Wildman–Crippen MR) is 152 cm³/mol. The molecule has 0 fully saturated rings. The summed E-state index contributed by atoms with van der Waals surface area (Å²) in [6, 6.07) is 11.6. The standard InChI is InChI=1S/C29H36ClFN4O4/c1-6-39-25-17-22(31)21(30)16-20(25)24(36)12-14-29(2,3)18-26(37)33-27-23(13-15-32-4)34(5)35(28(27)38)19-10-8-7-9-11-19/h7-11,16-17,32H,6,12-15,18H2,1-5H3,(H,33,37). The van der Waals surface area contributed by atoms with Crippen LogP contribution in [0, 0.1) is 11.2 Å². The zero-order chi connectivity index (χ0) is 28.7. The summed E-state index contributed by atoms with van der Waals surface area (Å²) < 4.78 is 22.6. The van der Waals surface area contributed by atoms with Crippen molar-refractivity contribution in [2.24, 2.45) is 12.5 Å². The van der Waals surface area contributed by atoms with Crippen molar-refractivity contribution in [3.8, 4) is 11.4 Å². The maximum atomic E-state index is 13.9. The van der Waals surface area contributed by atoms with Crippen molar-refractivity contribution in [2.75, 3.05) is 25.5 Å². The number of rotatable bonds is 13. The first-order valence-corrected chi connectivity index (χ1v) is 13.3. The number of ketones is 1. The van der Waals surface area contributed by atoms with Gasteiger partial charge in [0.2, 0.25) is 5.91 Å². The number of hydrogen-bond acceptors (Lipinski definition) is 5. The van der Waals surface area contributed by atoms with E-state index >= 15 is 0 Å². The molecule has 39 heavy (non-hydrogen) atoms. The molecule has 1 heterocycles. The summed E-state index contributed by atoms with van der Waals surface area (Å²) in [6.07, 6.45) is 1.13. The molecular formula is C29H36ClFN4O4. The van der Waals surface area contributed by atoms with Crippen LogP contribution in [0.3, 0.4) is 0 Å². The molecule has 1 aromatic heterocycles. The highest BCUT2D eigenvalue weighted by molar-refractivity contribution is 6.31. The summed E-state index contributed by atoms with van der Waals surface area (Å²) in [5.41, 5.74) is 0.985. The second-order valence-corrected chi connectivity index (χ2v) is 10.6. The Labute approximate surface area is 233 Å². The van der Waals surface area contributed by atoms with Gasteiger partial charge in [0, 0.05) is 38.9 Å². The second-order valence-electron chi connectivity index (χ2n) is 10.2. The molecule has 3 rings (SSSR count). The average molecular weight is 559 g/mol. The second kappa shape index (κ2) is 13.1. The zero-order valence-electron chi connectivity index (χ0n) is 23.1. The SMILES string of the molecule is CCOc1cc(F)c(Cl)cc1C(=O)CCC(C)(C)CC(=O)Nc1c(CCNC)n(C)n(-c2ccccc2)c1=O. The lowest BCUT2D eigenvalue weighted by Crippen LogP contribution is -2.26. The van der Waals surface area contributed by atoms with E-state index in [9.17, 15) is 18.8 Å². The van der Waals surface area contributed by atoms with Crippen LogP contribution in [0.1, 0.15) is 56.1 Å². The van der Waals surface area contributed by atoms with E-state index in [0.29, 0.717) is 30.8 Å². The van der Waals surface area contributed by atoms with Gasteiger partial charge in [-0.3, -0.25) is 19.1 Å². The summed E-state index contributed by atoms with van der Waals surface area (Å²) >= 11 is 5.91. The lowest BCUT2D eigenvalue weighted by Gasteiger charge is -2.23. The van der Waals surface area contributed by atoms with Gasteiger partial charge in [0.1, 0.15) is 17.3 Å². The monoisotopic (exact) mass is 558 g/mol. The first kappa shape index (κ1) is 30.1. The molecule has 0 radical (unpaired) electrons. The molecule has 0 saturated carbocycles. The smallest absolute Gasteiger partial charge is 0.295 e. The van der Waals surface area contributed by atoms with Gasteiger partial charge in [-0.25, -0.2) is 9.07 Å². The van der Waals surface area contributed by atoms with E-state index in [0.717, 1.165) is 6.07 Å². The highest BCUT2D eigenvalue weighted by atomic mass is 35.5. The number of anilines is 1. The van der Waals surface area contributed by atoms with Gasteiger partial charge < -0.3 is 15.4 Å². The van der Waals surface area contributed by atoms with Crippen LogP contribution in [-0.4, -0.2) is 41.3 Å². The normalized spacial score (nSPS) is 11.5. The van der Waals surface area contributed by atoms with Crippen molar-refractivity contribution in [2.45, 2.75) is 46.5 Å². The molecule has 10 heteroatoms. The minimum atomic E-state index is -0.657. The molecule has 0 aliphatic heterocycles. The quantitative estimate of drug-likeness (QED) is 0.283. The average Bonchev–Trinajstić information content (AvgIpc) is 3.11. The molecule has 3 aromatic rings. The van der Waals surface area contributed by atoms with E-state index in [1.54, 1.807) is 18.7 Å². The summed E-state index contributed by atoms with van der Waals surface area (Å²) in [4.78, 5) is 39.5. The Bertz CT molecular complexity index is 1380. The van der Waals surface area contributed by atoms with Crippen molar-refractivity contribution < 1.29 is 18.7 Å². The topological polar surface area (TPSA) is 94.4 Å². The summed E-state index contributed by atoms with van der Waals surface area (Å²) in [7, 11) is 3.62. The Morgan fingerprint density at radius 1 is 1.15 bits per heavy atom. The molecular weight excluding hydrogens is 523 g/mol. The van der Waals surface area contributed by atoms with Crippen LogP contribution in [0.5, 0.6) is 5.75 Å². The Morgan fingerprint density at radius 2 is 1.85 bits per heavy atom. The Hall–Kier alpha value is -3.43. The van der Waals surface area contributed by atoms with Crippen LogP contribution in [-0.2, 0) is 18.3 Å². The maximum absolute atomic E-state index is 13.9. The van der Waals surface area contributed by atoms with Crippen molar-refractivity contribution in [3.05, 3.63) is 74.9 Å². The highest BCUT2D eigenvalue weighted by Gasteiger charge is 2.27. The van der Waals surface area contributed by atoms with Gasteiger partial charge in [-0.1, -0.05) is 43.6 Å². The van der Waals surface area contributed by atoms with Gasteiger partial charge in [0.15, 0.2) is 5.78 Å². The molecule has 8 nitrogen and oxygen atoms in total. The first-order chi connectivity index (χ1) is 18.5. The van der Waals surface area contributed by atoms with E-state index in [1.807, 2.05) is 51.2 Å². The number of hydrogen-bond donors (Lipinski definition) is 2. The minimum Gasteiger partial charge on any atom is -0.493 e. The number of Topliss-reactive ketones (excluding diaryl/α,β-unsaturated/α-hetero) is 1. The molecule has 2 aromatic carbocycles. The molecule has 0 aliphatic carbocycles. The number of likely N-dealkylation sites (N-methyl/N-ethyl adjacent to an activating group) is 1. The maximum Gasteiger partial charge on any atom is 0.295 e. The van der Waals surface area contributed by atoms with Gasteiger partial charge in [-0.2, -0.15) is 0 Å². The van der Waals surface area contributed by atoms with E-state index in [4.69, 9.17) is 16.3 Å². The Kier molecular flexibility index (Phi) is 10.1. The van der Waals surface area contributed by atoms with E-state index in [2.05, 4.69) is 10.6 Å². The molecule has 0 bridgehead atoms. The van der Waals surface area contributed by atoms with Crippen molar-refractivity contribution >= 4 is 29.0 Å². The number of para-hydroxylation sites is 1. The van der Waals surface area contributed by atoms with Gasteiger partial charge in [-0.15, -0.1) is 0 Å². The van der Waals surface area contributed by atoms with Crippen molar-refractivity contribution in [1.29, 1.82) is 0 Å². The van der Waals surface area contributed by atoms with Crippen LogP contribution < -0.4 is 20.9 Å². The fourth-order valence-electron chi connectivity index (χ4n) is 4.48.